The lowest BCUT2D eigenvalue weighted by atomic mass is 9.92. The van der Waals surface area contributed by atoms with E-state index in [1.54, 1.807) is 6.07 Å². The van der Waals surface area contributed by atoms with Crippen molar-refractivity contribution in [3.05, 3.63) is 34.9 Å². The molecule has 0 bridgehead atoms. The summed E-state index contributed by atoms with van der Waals surface area (Å²) in [5.74, 6) is -0.527. The van der Waals surface area contributed by atoms with Crippen LogP contribution in [0.4, 0.5) is 0 Å². The maximum absolute atomic E-state index is 11.0. The Hall–Kier alpha value is -1.31. The van der Waals surface area contributed by atoms with Gasteiger partial charge in [-0.15, -0.1) is 0 Å². The van der Waals surface area contributed by atoms with Crippen LogP contribution in [-0.4, -0.2) is 11.1 Å². The third kappa shape index (κ3) is 2.13. The van der Waals surface area contributed by atoms with E-state index in [-0.39, 0.29) is 0 Å². The topological polar surface area (TPSA) is 37.3 Å². The first-order chi connectivity index (χ1) is 6.56. The number of rotatable bonds is 3. The Balaban J connectivity index is 3.22. The molecule has 2 heteroatoms. The number of aryl methyl sites for hydroxylation is 1. The summed E-state index contributed by atoms with van der Waals surface area (Å²) in [6.45, 7) is 6.11. The molecule has 0 saturated carbocycles. The molecule has 2 nitrogen and oxygen atoms in total. The number of carboxylic acid groups (broad SMARTS) is 1. The second-order valence-corrected chi connectivity index (χ2v) is 3.71. The molecule has 0 saturated heterocycles. The maximum atomic E-state index is 11.0. The van der Waals surface area contributed by atoms with Crippen LogP contribution in [0.5, 0.6) is 0 Å². The number of carbonyl (C=O) groups is 1. The van der Waals surface area contributed by atoms with Gasteiger partial charge in [0.1, 0.15) is 0 Å². The molecule has 0 fully saturated rings. The summed E-state index contributed by atoms with van der Waals surface area (Å²) in [5, 5.41) is 9.00. The summed E-state index contributed by atoms with van der Waals surface area (Å²) in [7, 11) is 0. The zero-order valence-electron chi connectivity index (χ0n) is 8.87. The van der Waals surface area contributed by atoms with E-state index >= 15 is 0 Å². The van der Waals surface area contributed by atoms with Gasteiger partial charge in [0.2, 0.25) is 0 Å². The monoisotopic (exact) mass is 192 g/mol. The van der Waals surface area contributed by atoms with Gasteiger partial charge in [-0.05, 0) is 30.9 Å². The molecule has 0 heterocycles. The lowest BCUT2D eigenvalue weighted by Crippen LogP contribution is -2.05. The molecule has 0 aliphatic rings. The number of aromatic carboxylic acids is 1. The van der Waals surface area contributed by atoms with Crippen molar-refractivity contribution in [3.63, 3.8) is 0 Å². The molecule has 0 aromatic heterocycles. The smallest absolute Gasteiger partial charge is 0.335 e. The highest BCUT2D eigenvalue weighted by molar-refractivity contribution is 5.89. The summed E-state index contributed by atoms with van der Waals surface area (Å²) >= 11 is 0. The molecule has 0 radical (unpaired) electrons. The number of hydrogen-bond acceptors (Lipinski definition) is 1. The van der Waals surface area contributed by atoms with Crippen molar-refractivity contribution in [2.45, 2.75) is 33.1 Å². The highest BCUT2D eigenvalue weighted by Crippen LogP contribution is 2.23. The Morgan fingerprint density at radius 3 is 2.64 bits per heavy atom. The summed E-state index contributed by atoms with van der Waals surface area (Å²) in [4.78, 5) is 11.0. The predicted octanol–water partition coefficient (Wildman–Crippen LogP) is 3.21. The number of carboxylic acids is 1. The Kier molecular flexibility index (Phi) is 3.28. The van der Waals surface area contributed by atoms with Gasteiger partial charge in [-0.3, -0.25) is 0 Å². The van der Waals surface area contributed by atoms with Crippen molar-refractivity contribution in [2.75, 3.05) is 0 Å². The normalized spacial score (nSPS) is 12.5. The van der Waals surface area contributed by atoms with Gasteiger partial charge >= 0.3 is 5.97 Å². The van der Waals surface area contributed by atoms with Gasteiger partial charge < -0.3 is 5.11 Å². The Bertz CT molecular complexity index is 342. The van der Waals surface area contributed by atoms with E-state index < -0.39 is 5.97 Å². The zero-order valence-corrected chi connectivity index (χ0v) is 8.87. The van der Waals surface area contributed by atoms with Gasteiger partial charge in [0.05, 0.1) is 5.56 Å². The minimum Gasteiger partial charge on any atom is -0.478 e. The Labute approximate surface area is 84.6 Å². The molecule has 0 aliphatic carbocycles. The minimum absolute atomic E-state index is 0.306. The molecule has 1 N–H and O–H groups in total. The van der Waals surface area contributed by atoms with E-state index in [0.717, 1.165) is 17.5 Å². The van der Waals surface area contributed by atoms with Crippen LogP contribution >= 0.6 is 0 Å². The standard InChI is InChI=1S/C12H16O2/c1-4-9(3)11-7-8(2)5-6-10(11)12(13)14/h5-7,9H,4H2,1-3H3,(H,13,14). The summed E-state index contributed by atoms with van der Waals surface area (Å²) < 4.78 is 0. The van der Waals surface area contributed by atoms with E-state index in [0.29, 0.717) is 11.5 Å². The zero-order chi connectivity index (χ0) is 10.7. The largest absolute Gasteiger partial charge is 0.478 e. The summed E-state index contributed by atoms with van der Waals surface area (Å²) in [5.41, 5.74) is 2.50. The average Bonchev–Trinajstić information content (AvgIpc) is 2.16. The lowest BCUT2D eigenvalue weighted by Gasteiger charge is -2.13. The highest BCUT2D eigenvalue weighted by atomic mass is 16.4. The van der Waals surface area contributed by atoms with Crippen molar-refractivity contribution >= 4 is 5.97 Å². The van der Waals surface area contributed by atoms with Gasteiger partial charge in [0.25, 0.3) is 0 Å². The van der Waals surface area contributed by atoms with E-state index in [9.17, 15) is 4.79 Å². The third-order valence-electron chi connectivity index (χ3n) is 2.58. The van der Waals surface area contributed by atoms with Gasteiger partial charge in [-0.1, -0.05) is 31.5 Å². The fraction of sp³-hybridized carbons (Fsp3) is 0.417. The van der Waals surface area contributed by atoms with Crippen LogP contribution < -0.4 is 0 Å². The van der Waals surface area contributed by atoms with Gasteiger partial charge in [-0.25, -0.2) is 4.79 Å². The minimum atomic E-state index is -0.833. The van der Waals surface area contributed by atoms with E-state index in [2.05, 4.69) is 13.8 Å². The highest BCUT2D eigenvalue weighted by Gasteiger charge is 2.13. The number of benzene rings is 1. The molecule has 1 aromatic rings. The fourth-order valence-corrected chi connectivity index (χ4v) is 1.50. The molecular formula is C12H16O2. The quantitative estimate of drug-likeness (QED) is 0.798. The SMILES string of the molecule is CCC(C)c1cc(C)ccc1C(=O)O. The van der Waals surface area contributed by atoms with Gasteiger partial charge in [-0.2, -0.15) is 0 Å². The molecular weight excluding hydrogens is 176 g/mol. The van der Waals surface area contributed by atoms with Gasteiger partial charge in [0, 0.05) is 0 Å². The average molecular weight is 192 g/mol. The van der Waals surface area contributed by atoms with Crippen LogP contribution in [0.15, 0.2) is 18.2 Å². The molecule has 76 valence electrons. The molecule has 1 unspecified atom stereocenters. The first-order valence-electron chi connectivity index (χ1n) is 4.90. The molecule has 0 spiro atoms. The molecule has 1 aromatic carbocycles. The van der Waals surface area contributed by atoms with Crippen LogP contribution in [0.2, 0.25) is 0 Å². The molecule has 1 rings (SSSR count). The lowest BCUT2D eigenvalue weighted by molar-refractivity contribution is 0.0695. The fourth-order valence-electron chi connectivity index (χ4n) is 1.50. The van der Waals surface area contributed by atoms with Crippen molar-refractivity contribution in [2.24, 2.45) is 0 Å². The summed E-state index contributed by atoms with van der Waals surface area (Å²) in [6, 6.07) is 5.51. The second kappa shape index (κ2) is 4.27. The van der Waals surface area contributed by atoms with Crippen molar-refractivity contribution in [1.82, 2.24) is 0 Å². The summed E-state index contributed by atoms with van der Waals surface area (Å²) in [6.07, 6.45) is 0.962. The van der Waals surface area contributed by atoms with Crippen molar-refractivity contribution in [1.29, 1.82) is 0 Å². The number of hydrogen-bond donors (Lipinski definition) is 1. The van der Waals surface area contributed by atoms with Crippen LogP contribution in [-0.2, 0) is 0 Å². The molecule has 1 atom stereocenters. The van der Waals surface area contributed by atoms with E-state index in [1.807, 2.05) is 19.1 Å². The Morgan fingerprint density at radius 1 is 1.50 bits per heavy atom. The van der Waals surface area contributed by atoms with Crippen LogP contribution in [0.1, 0.15) is 47.7 Å². The van der Waals surface area contributed by atoms with E-state index in [1.165, 1.54) is 0 Å². The Morgan fingerprint density at radius 2 is 2.14 bits per heavy atom. The van der Waals surface area contributed by atoms with Crippen molar-refractivity contribution < 1.29 is 9.90 Å². The molecule has 0 aliphatic heterocycles. The van der Waals surface area contributed by atoms with Gasteiger partial charge in [0.15, 0.2) is 0 Å². The first kappa shape index (κ1) is 10.8. The molecule has 14 heavy (non-hydrogen) atoms. The van der Waals surface area contributed by atoms with Crippen LogP contribution in [0, 0.1) is 6.92 Å². The van der Waals surface area contributed by atoms with Crippen LogP contribution in [0.3, 0.4) is 0 Å². The first-order valence-corrected chi connectivity index (χ1v) is 4.90. The predicted molar refractivity (Wildman–Crippen MR) is 56.8 cm³/mol. The van der Waals surface area contributed by atoms with E-state index in [4.69, 9.17) is 5.11 Å². The van der Waals surface area contributed by atoms with Crippen molar-refractivity contribution in [3.8, 4) is 0 Å². The maximum Gasteiger partial charge on any atom is 0.335 e. The second-order valence-electron chi connectivity index (χ2n) is 3.71. The van der Waals surface area contributed by atoms with Crippen LogP contribution in [0.25, 0.3) is 0 Å². The molecule has 0 amide bonds. The third-order valence-corrected chi connectivity index (χ3v) is 2.58.